The van der Waals surface area contributed by atoms with Gasteiger partial charge in [0.05, 0.1) is 36.8 Å². The van der Waals surface area contributed by atoms with Gasteiger partial charge in [-0.1, -0.05) is 24.3 Å². The van der Waals surface area contributed by atoms with Crippen LogP contribution in [0.4, 0.5) is 14.0 Å². The normalized spacial score (nSPS) is 18.6. The number of likely N-dealkylation sites (tertiary alicyclic amines) is 1. The standard InChI is InChI=1S/C26H32FN5O4/c1-26(2,3)36-25(34)32-14-18(27)22(15-32)31-24(33)30-21(13-16-9-11-17(35-4)12-10-16)23-28-19-7-5-6-8-20(19)29-23/h5-12,18,21-22H,13-15H2,1-4H3,(H,28,29)(H2,30,31,33)/t18-,21-,22+/m1/s1. The lowest BCUT2D eigenvalue weighted by atomic mass is 10.1. The van der Waals surface area contributed by atoms with Crippen molar-refractivity contribution in [3.8, 4) is 5.75 Å². The number of nitrogens with zero attached hydrogens (tertiary/aromatic N) is 2. The Kier molecular flexibility index (Phi) is 7.32. The number of benzene rings is 2. The summed E-state index contributed by atoms with van der Waals surface area (Å²) in [5.41, 5.74) is 1.90. The molecule has 1 saturated heterocycles. The third kappa shape index (κ3) is 6.24. The minimum atomic E-state index is -1.41. The van der Waals surface area contributed by atoms with E-state index in [1.807, 2.05) is 48.5 Å². The van der Waals surface area contributed by atoms with Gasteiger partial charge in [-0.2, -0.15) is 0 Å². The molecule has 9 nitrogen and oxygen atoms in total. The van der Waals surface area contributed by atoms with Gasteiger partial charge in [-0.05, 0) is 57.0 Å². The first kappa shape index (κ1) is 25.3. The number of alkyl halides is 1. The van der Waals surface area contributed by atoms with Crippen LogP contribution in [0.15, 0.2) is 48.5 Å². The first-order valence-corrected chi connectivity index (χ1v) is 11.9. The SMILES string of the molecule is COc1ccc(C[C@@H](NC(=O)N[C@H]2CN(C(=O)OC(C)(C)C)C[C@H]2F)c2nc3ccccc3[nH]2)cc1. The zero-order valence-electron chi connectivity index (χ0n) is 20.9. The number of nitrogens with one attached hydrogen (secondary N) is 3. The van der Waals surface area contributed by atoms with E-state index in [1.165, 1.54) is 4.90 Å². The third-order valence-electron chi connectivity index (χ3n) is 5.86. The Labute approximate surface area is 209 Å². The summed E-state index contributed by atoms with van der Waals surface area (Å²) < 4.78 is 25.2. The van der Waals surface area contributed by atoms with Crippen LogP contribution < -0.4 is 15.4 Å². The number of ether oxygens (including phenoxy) is 2. The number of methoxy groups -OCH3 is 1. The number of para-hydroxylation sites is 2. The van der Waals surface area contributed by atoms with Crippen LogP contribution >= 0.6 is 0 Å². The van der Waals surface area contributed by atoms with Crippen LogP contribution in [0.5, 0.6) is 5.75 Å². The van der Waals surface area contributed by atoms with E-state index >= 15 is 0 Å². The average molecular weight is 498 g/mol. The number of fused-ring (bicyclic) bond motifs is 1. The molecule has 36 heavy (non-hydrogen) atoms. The number of carbonyl (C=O) groups is 2. The highest BCUT2D eigenvalue weighted by molar-refractivity contribution is 5.77. The monoisotopic (exact) mass is 497 g/mol. The molecule has 0 bridgehead atoms. The molecule has 2 heterocycles. The van der Waals surface area contributed by atoms with Crippen LogP contribution in [-0.4, -0.2) is 65.0 Å². The van der Waals surface area contributed by atoms with Crippen molar-refractivity contribution in [2.75, 3.05) is 20.2 Å². The van der Waals surface area contributed by atoms with Crippen molar-refractivity contribution in [3.63, 3.8) is 0 Å². The molecule has 3 aromatic rings. The molecule has 0 spiro atoms. The molecule has 1 aliphatic rings. The number of halogens is 1. The largest absolute Gasteiger partial charge is 0.497 e. The minimum absolute atomic E-state index is 0.0251. The van der Waals surface area contributed by atoms with Crippen LogP contribution in [0.25, 0.3) is 11.0 Å². The Bertz CT molecular complexity index is 1170. The number of H-pyrrole nitrogens is 1. The zero-order chi connectivity index (χ0) is 25.9. The molecule has 192 valence electrons. The Morgan fingerprint density at radius 1 is 1.17 bits per heavy atom. The van der Waals surface area contributed by atoms with Gasteiger partial charge >= 0.3 is 12.1 Å². The van der Waals surface area contributed by atoms with E-state index in [0.717, 1.165) is 22.3 Å². The van der Waals surface area contributed by atoms with Gasteiger partial charge < -0.3 is 30.0 Å². The highest BCUT2D eigenvalue weighted by atomic mass is 19.1. The summed E-state index contributed by atoms with van der Waals surface area (Å²) in [5.74, 6) is 1.32. The van der Waals surface area contributed by atoms with Crippen LogP contribution in [-0.2, 0) is 11.2 Å². The summed E-state index contributed by atoms with van der Waals surface area (Å²) in [6.45, 7) is 5.13. The molecule has 3 N–H and O–H groups in total. The van der Waals surface area contributed by atoms with Gasteiger partial charge in [0, 0.05) is 6.54 Å². The Morgan fingerprint density at radius 2 is 1.89 bits per heavy atom. The maximum absolute atomic E-state index is 14.7. The van der Waals surface area contributed by atoms with E-state index in [4.69, 9.17) is 9.47 Å². The van der Waals surface area contributed by atoms with Gasteiger partial charge in [-0.3, -0.25) is 0 Å². The number of urea groups is 1. The average Bonchev–Trinajstić information content (AvgIpc) is 3.42. The summed E-state index contributed by atoms with van der Waals surface area (Å²) >= 11 is 0. The summed E-state index contributed by atoms with van der Waals surface area (Å²) in [5, 5.41) is 5.60. The predicted octanol–water partition coefficient (Wildman–Crippen LogP) is 4.11. The first-order valence-electron chi connectivity index (χ1n) is 11.9. The number of amides is 3. The second-order valence-corrected chi connectivity index (χ2v) is 9.87. The van der Waals surface area contributed by atoms with Gasteiger partial charge in [0.25, 0.3) is 0 Å². The van der Waals surface area contributed by atoms with Gasteiger partial charge in [0.1, 0.15) is 23.3 Å². The van der Waals surface area contributed by atoms with E-state index in [1.54, 1.807) is 27.9 Å². The van der Waals surface area contributed by atoms with Gasteiger partial charge in [-0.15, -0.1) is 0 Å². The summed E-state index contributed by atoms with van der Waals surface area (Å²) in [6.07, 6.45) is -1.56. The topological polar surface area (TPSA) is 109 Å². The molecule has 1 aromatic heterocycles. The molecule has 0 saturated carbocycles. The first-order chi connectivity index (χ1) is 17.1. The fourth-order valence-corrected chi connectivity index (χ4v) is 4.09. The van der Waals surface area contributed by atoms with Crippen molar-refractivity contribution in [2.45, 2.75) is 51.0 Å². The Balaban J connectivity index is 1.46. The molecule has 1 aliphatic heterocycles. The van der Waals surface area contributed by atoms with Crippen molar-refractivity contribution in [2.24, 2.45) is 0 Å². The molecule has 1 fully saturated rings. The maximum Gasteiger partial charge on any atom is 0.410 e. The molecule has 0 radical (unpaired) electrons. The number of hydrogen-bond acceptors (Lipinski definition) is 5. The van der Waals surface area contributed by atoms with Crippen LogP contribution in [0.1, 0.15) is 38.2 Å². The fourth-order valence-electron chi connectivity index (χ4n) is 4.09. The third-order valence-corrected chi connectivity index (χ3v) is 5.86. The Morgan fingerprint density at radius 3 is 2.56 bits per heavy atom. The van der Waals surface area contributed by atoms with E-state index < -0.39 is 36.0 Å². The van der Waals surface area contributed by atoms with Crippen molar-refractivity contribution in [3.05, 3.63) is 59.9 Å². The molecular formula is C26H32FN5O4. The number of imidazole rings is 1. The highest BCUT2D eigenvalue weighted by Crippen LogP contribution is 2.22. The van der Waals surface area contributed by atoms with E-state index in [-0.39, 0.29) is 13.1 Å². The molecule has 4 rings (SSSR count). The predicted molar refractivity (Wildman–Crippen MR) is 134 cm³/mol. The summed E-state index contributed by atoms with van der Waals surface area (Å²) in [4.78, 5) is 34.5. The number of carbonyl (C=O) groups excluding carboxylic acids is 2. The lowest BCUT2D eigenvalue weighted by Gasteiger charge is -2.24. The maximum atomic E-state index is 14.7. The summed E-state index contributed by atoms with van der Waals surface area (Å²) in [7, 11) is 1.60. The minimum Gasteiger partial charge on any atom is -0.497 e. The lowest BCUT2D eigenvalue weighted by molar-refractivity contribution is 0.0282. The molecule has 10 heteroatoms. The summed E-state index contributed by atoms with van der Waals surface area (Å²) in [6, 6.07) is 13.2. The lowest BCUT2D eigenvalue weighted by Crippen LogP contribution is -2.48. The molecular weight excluding hydrogens is 465 g/mol. The quantitative estimate of drug-likeness (QED) is 0.475. The smallest absolute Gasteiger partial charge is 0.410 e. The van der Waals surface area contributed by atoms with E-state index in [0.29, 0.717) is 12.2 Å². The van der Waals surface area contributed by atoms with Gasteiger partial charge in [0.15, 0.2) is 0 Å². The van der Waals surface area contributed by atoms with E-state index in [2.05, 4.69) is 20.6 Å². The van der Waals surface area contributed by atoms with Crippen LogP contribution in [0, 0.1) is 0 Å². The molecule has 0 aliphatic carbocycles. The van der Waals surface area contributed by atoms with Crippen molar-refractivity contribution >= 4 is 23.2 Å². The number of rotatable bonds is 6. The second kappa shape index (κ2) is 10.4. The molecule has 3 amide bonds. The molecule has 3 atom stereocenters. The van der Waals surface area contributed by atoms with E-state index in [9.17, 15) is 14.0 Å². The number of hydrogen-bond donors (Lipinski definition) is 3. The van der Waals surface area contributed by atoms with Crippen molar-refractivity contribution < 1.29 is 23.5 Å². The van der Waals surface area contributed by atoms with Gasteiger partial charge in [0.2, 0.25) is 0 Å². The Hall–Kier alpha value is -3.82. The number of aromatic amines is 1. The zero-order valence-corrected chi connectivity index (χ0v) is 20.9. The van der Waals surface area contributed by atoms with Crippen molar-refractivity contribution in [1.82, 2.24) is 25.5 Å². The highest BCUT2D eigenvalue weighted by Gasteiger charge is 2.38. The molecule has 0 unspecified atom stereocenters. The van der Waals surface area contributed by atoms with Crippen LogP contribution in [0.3, 0.4) is 0 Å². The van der Waals surface area contributed by atoms with Crippen molar-refractivity contribution in [1.29, 1.82) is 0 Å². The van der Waals surface area contributed by atoms with Gasteiger partial charge in [-0.25, -0.2) is 19.0 Å². The second-order valence-electron chi connectivity index (χ2n) is 9.87. The molecule has 2 aromatic carbocycles. The fraction of sp³-hybridized carbons (Fsp3) is 0.423. The van der Waals surface area contributed by atoms with Crippen LogP contribution in [0.2, 0.25) is 0 Å². The number of aromatic nitrogens is 2.